The fraction of sp³-hybridized carbons (Fsp3) is 0.286. The van der Waals surface area contributed by atoms with Crippen molar-refractivity contribution in [2.75, 3.05) is 14.2 Å². The Morgan fingerprint density at radius 2 is 2.10 bits per heavy atom. The molecule has 0 amide bonds. The summed E-state index contributed by atoms with van der Waals surface area (Å²) in [6, 6.07) is 3.54. The largest absolute Gasteiger partial charge is 0.494 e. The van der Waals surface area contributed by atoms with Crippen LogP contribution in [0.5, 0.6) is 5.75 Å². The summed E-state index contributed by atoms with van der Waals surface area (Å²) in [5.41, 5.74) is 6.87. The van der Waals surface area contributed by atoms with Crippen LogP contribution in [-0.2, 0) is 4.74 Å². The number of carbonyl (C=O) groups excluding carboxylic acids is 1. The molecule has 0 aliphatic heterocycles. The van der Waals surface area contributed by atoms with Crippen molar-refractivity contribution in [3.8, 4) is 5.75 Å². The number of hydrogen-bond donors (Lipinski definition) is 1. The Bertz CT molecular complexity index is 671. The summed E-state index contributed by atoms with van der Waals surface area (Å²) < 4.78 is 23.4. The fourth-order valence-electron chi connectivity index (χ4n) is 2.06. The molecule has 1 atom stereocenters. The predicted molar refractivity (Wildman–Crippen MR) is 72.2 cm³/mol. The van der Waals surface area contributed by atoms with Crippen molar-refractivity contribution in [1.29, 1.82) is 0 Å². The Kier molecular flexibility index (Phi) is 3.85. The van der Waals surface area contributed by atoms with E-state index in [1.54, 1.807) is 6.92 Å². The zero-order valence-electron chi connectivity index (χ0n) is 11.4. The molecule has 106 valence electrons. The minimum atomic E-state index is -0.623. The first-order valence-corrected chi connectivity index (χ1v) is 6.00. The Morgan fingerprint density at radius 1 is 1.40 bits per heavy atom. The van der Waals surface area contributed by atoms with E-state index in [9.17, 15) is 9.18 Å². The standard InChI is InChI=1S/C14H15FN2O3/c1-7(16)12-13(19-2)11(14(18)20-3)9-6-8(15)4-5-10(9)17-12/h4-7H,16H2,1-3H3. The molecule has 1 heterocycles. The molecule has 2 aromatic rings. The lowest BCUT2D eigenvalue weighted by molar-refractivity contribution is 0.0599. The van der Waals surface area contributed by atoms with Gasteiger partial charge >= 0.3 is 5.97 Å². The zero-order chi connectivity index (χ0) is 14.9. The van der Waals surface area contributed by atoms with E-state index in [2.05, 4.69) is 4.98 Å². The molecule has 1 aromatic carbocycles. The van der Waals surface area contributed by atoms with E-state index in [0.29, 0.717) is 16.6 Å². The number of benzene rings is 1. The Morgan fingerprint density at radius 3 is 2.65 bits per heavy atom. The number of ether oxygens (including phenoxy) is 2. The minimum Gasteiger partial charge on any atom is -0.494 e. The van der Waals surface area contributed by atoms with Crippen LogP contribution >= 0.6 is 0 Å². The highest BCUT2D eigenvalue weighted by atomic mass is 19.1. The molecule has 0 spiro atoms. The van der Waals surface area contributed by atoms with Gasteiger partial charge in [-0.1, -0.05) is 0 Å². The second kappa shape index (κ2) is 5.42. The van der Waals surface area contributed by atoms with E-state index in [0.717, 1.165) is 0 Å². The summed E-state index contributed by atoms with van der Waals surface area (Å²) in [4.78, 5) is 16.3. The van der Waals surface area contributed by atoms with E-state index in [1.165, 1.54) is 32.4 Å². The van der Waals surface area contributed by atoms with Crippen molar-refractivity contribution in [3.05, 3.63) is 35.3 Å². The smallest absolute Gasteiger partial charge is 0.342 e. The third-order valence-corrected chi connectivity index (χ3v) is 2.95. The number of hydrogen-bond acceptors (Lipinski definition) is 5. The van der Waals surface area contributed by atoms with Gasteiger partial charge in [-0.2, -0.15) is 0 Å². The summed E-state index contributed by atoms with van der Waals surface area (Å²) in [5.74, 6) is -0.883. The molecule has 1 unspecified atom stereocenters. The fourth-order valence-corrected chi connectivity index (χ4v) is 2.06. The van der Waals surface area contributed by atoms with Crippen LogP contribution in [0.1, 0.15) is 29.0 Å². The maximum Gasteiger partial charge on any atom is 0.342 e. The predicted octanol–water partition coefficient (Wildman–Crippen LogP) is 2.19. The van der Waals surface area contributed by atoms with Gasteiger partial charge in [0.05, 0.1) is 19.7 Å². The summed E-state index contributed by atoms with van der Waals surface area (Å²) >= 11 is 0. The maximum atomic E-state index is 13.4. The Labute approximate surface area is 115 Å². The van der Waals surface area contributed by atoms with Gasteiger partial charge in [-0.25, -0.2) is 14.2 Å². The number of esters is 1. The van der Waals surface area contributed by atoms with Gasteiger partial charge in [0.1, 0.15) is 17.1 Å². The topological polar surface area (TPSA) is 74.4 Å². The highest BCUT2D eigenvalue weighted by Crippen LogP contribution is 2.33. The number of rotatable bonds is 3. The van der Waals surface area contributed by atoms with Crippen LogP contribution in [0.3, 0.4) is 0 Å². The quantitative estimate of drug-likeness (QED) is 0.871. The molecular weight excluding hydrogens is 263 g/mol. The van der Waals surface area contributed by atoms with Gasteiger partial charge < -0.3 is 15.2 Å². The molecule has 1 aromatic heterocycles. The van der Waals surface area contributed by atoms with Crippen LogP contribution in [0.15, 0.2) is 18.2 Å². The summed E-state index contributed by atoms with van der Waals surface area (Å²) in [6.07, 6.45) is 0. The summed E-state index contributed by atoms with van der Waals surface area (Å²) in [7, 11) is 2.65. The Hall–Kier alpha value is -2.21. The van der Waals surface area contributed by atoms with Crippen molar-refractivity contribution in [2.45, 2.75) is 13.0 Å². The van der Waals surface area contributed by atoms with Crippen molar-refractivity contribution in [2.24, 2.45) is 5.73 Å². The average molecular weight is 278 g/mol. The number of pyridine rings is 1. The number of carbonyl (C=O) groups is 1. The van der Waals surface area contributed by atoms with Gasteiger partial charge in [-0.3, -0.25) is 0 Å². The number of methoxy groups -OCH3 is 2. The molecule has 5 nitrogen and oxygen atoms in total. The molecule has 0 aliphatic rings. The van der Waals surface area contributed by atoms with Crippen molar-refractivity contribution in [1.82, 2.24) is 4.98 Å². The van der Waals surface area contributed by atoms with Gasteiger partial charge in [0, 0.05) is 11.4 Å². The van der Waals surface area contributed by atoms with Crippen molar-refractivity contribution in [3.63, 3.8) is 0 Å². The molecule has 0 bridgehead atoms. The van der Waals surface area contributed by atoms with Gasteiger partial charge in [-0.05, 0) is 25.1 Å². The van der Waals surface area contributed by atoms with Gasteiger partial charge in [0.25, 0.3) is 0 Å². The van der Waals surface area contributed by atoms with Crippen LogP contribution < -0.4 is 10.5 Å². The third kappa shape index (κ3) is 2.30. The minimum absolute atomic E-state index is 0.131. The first-order chi connectivity index (χ1) is 9.49. The van der Waals surface area contributed by atoms with Gasteiger partial charge in [-0.15, -0.1) is 0 Å². The van der Waals surface area contributed by atoms with Gasteiger partial charge in [0.15, 0.2) is 5.75 Å². The van der Waals surface area contributed by atoms with Crippen molar-refractivity contribution < 1.29 is 18.7 Å². The number of nitrogens with two attached hydrogens (primary N) is 1. The van der Waals surface area contributed by atoms with Crippen LogP contribution in [0.4, 0.5) is 4.39 Å². The SMILES string of the molecule is COC(=O)c1c(OC)c(C(C)N)nc2ccc(F)cc12. The first-order valence-electron chi connectivity index (χ1n) is 6.00. The van der Waals surface area contributed by atoms with Crippen LogP contribution in [0, 0.1) is 5.82 Å². The molecule has 0 radical (unpaired) electrons. The number of fused-ring (bicyclic) bond motifs is 1. The maximum absolute atomic E-state index is 13.4. The molecule has 0 saturated carbocycles. The molecular formula is C14H15FN2O3. The van der Waals surface area contributed by atoms with Crippen LogP contribution in [0.2, 0.25) is 0 Å². The van der Waals surface area contributed by atoms with E-state index in [-0.39, 0.29) is 11.3 Å². The number of halogens is 1. The molecule has 2 rings (SSSR count). The molecule has 6 heteroatoms. The lowest BCUT2D eigenvalue weighted by Crippen LogP contribution is -2.14. The van der Waals surface area contributed by atoms with E-state index in [4.69, 9.17) is 15.2 Å². The molecule has 0 fully saturated rings. The molecule has 0 aliphatic carbocycles. The third-order valence-electron chi connectivity index (χ3n) is 2.95. The first kappa shape index (κ1) is 14.2. The normalized spacial score (nSPS) is 12.2. The summed E-state index contributed by atoms with van der Waals surface area (Å²) in [5, 5.41) is 0.332. The zero-order valence-corrected chi connectivity index (χ0v) is 11.4. The second-order valence-corrected chi connectivity index (χ2v) is 4.35. The lowest BCUT2D eigenvalue weighted by atomic mass is 10.0. The highest BCUT2D eigenvalue weighted by molar-refractivity contribution is 6.06. The number of aromatic nitrogens is 1. The summed E-state index contributed by atoms with van der Waals surface area (Å²) in [6.45, 7) is 1.72. The highest BCUT2D eigenvalue weighted by Gasteiger charge is 2.24. The molecule has 2 N–H and O–H groups in total. The lowest BCUT2D eigenvalue weighted by Gasteiger charge is -2.16. The van der Waals surface area contributed by atoms with Crippen LogP contribution in [-0.4, -0.2) is 25.2 Å². The average Bonchev–Trinajstić information content (AvgIpc) is 2.44. The van der Waals surface area contributed by atoms with E-state index < -0.39 is 17.8 Å². The monoisotopic (exact) mass is 278 g/mol. The van der Waals surface area contributed by atoms with Gasteiger partial charge in [0.2, 0.25) is 0 Å². The molecule has 20 heavy (non-hydrogen) atoms. The van der Waals surface area contributed by atoms with E-state index >= 15 is 0 Å². The Balaban J connectivity index is 2.92. The van der Waals surface area contributed by atoms with Crippen LogP contribution in [0.25, 0.3) is 10.9 Å². The molecule has 0 saturated heterocycles. The van der Waals surface area contributed by atoms with E-state index in [1.807, 2.05) is 0 Å². The second-order valence-electron chi connectivity index (χ2n) is 4.35. The number of nitrogens with zero attached hydrogens (tertiary/aromatic N) is 1. The van der Waals surface area contributed by atoms with Crippen molar-refractivity contribution >= 4 is 16.9 Å².